The molecule has 5 nitrogen and oxygen atoms in total. The largest absolute Gasteiger partial charge is 0.344 e. The molecule has 1 aromatic rings. The van der Waals surface area contributed by atoms with Crippen LogP contribution in [0.5, 0.6) is 0 Å². The van der Waals surface area contributed by atoms with Gasteiger partial charge in [0.15, 0.2) is 0 Å². The highest BCUT2D eigenvalue weighted by Gasteiger charge is 2.30. The Morgan fingerprint density at radius 2 is 1.65 bits per heavy atom. The maximum absolute atomic E-state index is 12.6. The number of piperazine rings is 1. The Balaban J connectivity index is 1.90. The first kappa shape index (κ1) is 20.7. The van der Waals surface area contributed by atoms with E-state index >= 15 is 0 Å². The quantitative estimate of drug-likeness (QED) is 0.874. The average molecular weight is 380 g/mol. The van der Waals surface area contributed by atoms with Gasteiger partial charge >= 0.3 is 0 Å². The van der Waals surface area contributed by atoms with E-state index in [1.807, 2.05) is 43.9 Å². The molecule has 26 heavy (non-hydrogen) atoms. The number of halogens is 1. The molecule has 2 amide bonds. The number of benzene rings is 1. The SMILES string of the molecule is CC(NC(=O)C(C)(C)C)C(=O)N1CCN(C(C)c2ccccc2Cl)CC1. The van der Waals surface area contributed by atoms with E-state index in [0.29, 0.717) is 13.1 Å². The highest BCUT2D eigenvalue weighted by molar-refractivity contribution is 6.31. The van der Waals surface area contributed by atoms with Crippen molar-refractivity contribution in [3.8, 4) is 0 Å². The summed E-state index contributed by atoms with van der Waals surface area (Å²) in [5.74, 6) is -0.128. The number of hydrogen-bond donors (Lipinski definition) is 1. The van der Waals surface area contributed by atoms with E-state index in [-0.39, 0.29) is 17.9 Å². The van der Waals surface area contributed by atoms with Crippen LogP contribution < -0.4 is 5.32 Å². The number of rotatable bonds is 4. The van der Waals surface area contributed by atoms with Gasteiger partial charge in [0.2, 0.25) is 11.8 Å². The molecule has 1 aromatic carbocycles. The molecule has 1 aliphatic heterocycles. The van der Waals surface area contributed by atoms with Gasteiger partial charge in [-0.15, -0.1) is 0 Å². The minimum absolute atomic E-state index is 0.0207. The Morgan fingerprint density at radius 3 is 2.19 bits per heavy atom. The number of carbonyl (C=O) groups is 2. The molecule has 6 heteroatoms. The fourth-order valence-electron chi connectivity index (χ4n) is 3.09. The van der Waals surface area contributed by atoms with Crippen LogP contribution in [-0.4, -0.2) is 53.8 Å². The van der Waals surface area contributed by atoms with Crippen LogP contribution in [-0.2, 0) is 9.59 Å². The molecule has 0 saturated carbocycles. The van der Waals surface area contributed by atoms with Crippen LogP contribution in [0.3, 0.4) is 0 Å². The molecule has 2 atom stereocenters. The molecule has 2 unspecified atom stereocenters. The highest BCUT2D eigenvalue weighted by atomic mass is 35.5. The lowest BCUT2D eigenvalue weighted by molar-refractivity contribution is -0.139. The molecule has 1 heterocycles. The van der Waals surface area contributed by atoms with Crippen molar-refractivity contribution in [2.45, 2.75) is 46.7 Å². The van der Waals surface area contributed by atoms with Crippen molar-refractivity contribution in [1.29, 1.82) is 0 Å². The van der Waals surface area contributed by atoms with Crippen LogP contribution in [0.15, 0.2) is 24.3 Å². The molecule has 1 aliphatic rings. The van der Waals surface area contributed by atoms with Crippen LogP contribution in [0.25, 0.3) is 0 Å². The first-order valence-electron chi connectivity index (χ1n) is 9.19. The van der Waals surface area contributed by atoms with E-state index < -0.39 is 11.5 Å². The van der Waals surface area contributed by atoms with Crippen molar-refractivity contribution in [2.24, 2.45) is 5.41 Å². The first-order chi connectivity index (χ1) is 12.1. The molecule has 0 aliphatic carbocycles. The van der Waals surface area contributed by atoms with Gasteiger partial charge in [-0.3, -0.25) is 14.5 Å². The van der Waals surface area contributed by atoms with Gasteiger partial charge in [0.05, 0.1) is 0 Å². The normalized spacial score (nSPS) is 18.3. The summed E-state index contributed by atoms with van der Waals surface area (Å²) < 4.78 is 0. The minimum atomic E-state index is -0.505. The van der Waals surface area contributed by atoms with Gasteiger partial charge in [-0.1, -0.05) is 50.6 Å². The Bertz CT molecular complexity index is 649. The maximum Gasteiger partial charge on any atom is 0.244 e. The van der Waals surface area contributed by atoms with Gasteiger partial charge in [0, 0.05) is 42.7 Å². The Kier molecular flexibility index (Phi) is 6.69. The molecular formula is C20H30ClN3O2. The van der Waals surface area contributed by atoms with Gasteiger partial charge in [-0.05, 0) is 25.5 Å². The van der Waals surface area contributed by atoms with Crippen LogP contribution >= 0.6 is 11.6 Å². The van der Waals surface area contributed by atoms with Crippen molar-refractivity contribution in [3.63, 3.8) is 0 Å². The fourth-order valence-corrected chi connectivity index (χ4v) is 3.38. The van der Waals surface area contributed by atoms with Crippen LogP contribution in [0.1, 0.15) is 46.2 Å². The zero-order chi connectivity index (χ0) is 19.5. The summed E-state index contributed by atoms with van der Waals surface area (Å²) in [4.78, 5) is 28.9. The topological polar surface area (TPSA) is 52.7 Å². The predicted molar refractivity (Wildman–Crippen MR) is 105 cm³/mol. The van der Waals surface area contributed by atoms with E-state index in [2.05, 4.69) is 23.2 Å². The third-order valence-electron chi connectivity index (χ3n) is 4.93. The van der Waals surface area contributed by atoms with E-state index in [0.717, 1.165) is 23.7 Å². The molecule has 1 N–H and O–H groups in total. The lowest BCUT2D eigenvalue weighted by atomic mass is 9.95. The third kappa shape index (κ3) is 4.98. The van der Waals surface area contributed by atoms with Gasteiger partial charge in [-0.25, -0.2) is 0 Å². The molecule has 0 bridgehead atoms. The lowest BCUT2D eigenvalue weighted by Gasteiger charge is -2.39. The number of nitrogens with one attached hydrogen (secondary N) is 1. The molecular weight excluding hydrogens is 350 g/mol. The summed E-state index contributed by atoms with van der Waals surface area (Å²) in [7, 11) is 0. The van der Waals surface area contributed by atoms with Crippen LogP contribution in [0.2, 0.25) is 5.02 Å². The van der Waals surface area contributed by atoms with Gasteiger partial charge in [-0.2, -0.15) is 0 Å². The highest BCUT2D eigenvalue weighted by Crippen LogP contribution is 2.27. The Labute approximate surface area is 161 Å². The second-order valence-electron chi connectivity index (χ2n) is 8.00. The van der Waals surface area contributed by atoms with E-state index in [4.69, 9.17) is 11.6 Å². The predicted octanol–water partition coefficient (Wildman–Crippen LogP) is 3.10. The number of amides is 2. The van der Waals surface area contributed by atoms with E-state index in [1.165, 1.54) is 0 Å². The average Bonchev–Trinajstić information content (AvgIpc) is 2.60. The maximum atomic E-state index is 12.6. The number of carbonyl (C=O) groups excluding carboxylic acids is 2. The van der Waals surface area contributed by atoms with E-state index in [1.54, 1.807) is 6.92 Å². The van der Waals surface area contributed by atoms with Crippen LogP contribution in [0.4, 0.5) is 0 Å². The number of hydrogen-bond acceptors (Lipinski definition) is 3. The molecule has 0 spiro atoms. The second kappa shape index (κ2) is 8.40. The molecule has 0 radical (unpaired) electrons. The Hall–Kier alpha value is -1.59. The monoisotopic (exact) mass is 379 g/mol. The lowest BCUT2D eigenvalue weighted by Crippen LogP contribution is -2.55. The first-order valence-corrected chi connectivity index (χ1v) is 9.57. The zero-order valence-electron chi connectivity index (χ0n) is 16.4. The van der Waals surface area contributed by atoms with Crippen molar-refractivity contribution in [2.75, 3.05) is 26.2 Å². The molecule has 1 fully saturated rings. The summed E-state index contributed by atoms with van der Waals surface area (Å²) in [6, 6.07) is 7.59. The third-order valence-corrected chi connectivity index (χ3v) is 5.27. The summed E-state index contributed by atoms with van der Waals surface area (Å²) in [6.07, 6.45) is 0. The standard InChI is InChI=1S/C20H30ClN3O2/c1-14(22-19(26)20(3,4)5)18(25)24-12-10-23(11-13-24)15(2)16-8-6-7-9-17(16)21/h6-9,14-15H,10-13H2,1-5H3,(H,22,26). The summed E-state index contributed by atoms with van der Waals surface area (Å²) >= 11 is 6.31. The van der Waals surface area contributed by atoms with Crippen molar-refractivity contribution >= 4 is 23.4 Å². The number of nitrogens with zero attached hydrogens (tertiary/aromatic N) is 2. The van der Waals surface area contributed by atoms with E-state index in [9.17, 15) is 9.59 Å². The Morgan fingerprint density at radius 1 is 1.08 bits per heavy atom. The summed E-state index contributed by atoms with van der Waals surface area (Å²) in [6.45, 7) is 12.3. The second-order valence-corrected chi connectivity index (χ2v) is 8.41. The zero-order valence-corrected chi connectivity index (χ0v) is 17.1. The van der Waals surface area contributed by atoms with Gasteiger partial charge in [0.25, 0.3) is 0 Å². The summed E-state index contributed by atoms with van der Waals surface area (Å²) in [5, 5.41) is 3.60. The van der Waals surface area contributed by atoms with Crippen molar-refractivity contribution in [3.05, 3.63) is 34.9 Å². The van der Waals surface area contributed by atoms with Gasteiger partial charge < -0.3 is 10.2 Å². The van der Waals surface area contributed by atoms with Crippen molar-refractivity contribution in [1.82, 2.24) is 15.1 Å². The minimum Gasteiger partial charge on any atom is -0.344 e. The molecule has 1 saturated heterocycles. The van der Waals surface area contributed by atoms with Gasteiger partial charge in [0.1, 0.15) is 6.04 Å². The smallest absolute Gasteiger partial charge is 0.244 e. The van der Waals surface area contributed by atoms with Crippen LogP contribution in [0, 0.1) is 5.41 Å². The summed E-state index contributed by atoms with van der Waals surface area (Å²) in [5.41, 5.74) is 0.609. The van der Waals surface area contributed by atoms with Crippen molar-refractivity contribution < 1.29 is 9.59 Å². The molecule has 2 rings (SSSR count). The molecule has 144 valence electrons. The fraction of sp³-hybridized carbons (Fsp3) is 0.600. The molecule has 0 aromatic heterocycles.